The quantitative estimate of drug-likeness (QED) is 0.404. The van der Waals surface area contributed by atoms with E-state index in [0.29, 0.717) is 0 Å². The number of aliphatic hydroxyl groups is 1. The van der Waals surface area contributed by atoms with Crippen molar-refractivity contribution < 1.29 is 5.11 Å². The van der Waals surface area contributed by atoms with Crippen LogP contribution in [0.5, 0.6) is 0 Å². The standard InChI is InChI=1S/C4H6ClNO/c1-3(5)4(7)2-6/h3-4,7H,1H3/t3-,4?/m1/s1. The van der Waals surface area contributed by atoms with Crippen molar-refractivity contribution in [2.75, 3.05) is 0 Å². The fourth-order valence-electron chi connectivity index (χ4n) is 0.103. The van der Waals surface area contributed by atoms with Gasteiger partial charge in [-0.1, -0.05) is 0 Å². The lowest BCUT2D eigenvalue weighted by molar-refractivity contribution is 0.229. The number of hydrogen-bond donors (Lipinski definition) is 1. The van der Waals surface area contributed by atoms with E-state index in [-0.39, 0.29) is 0 Å². The van der Waals surface area contributed by atoms with Crippen molar-refractivity contribution in [3.63, 3.8) is 0 Å². The molecule has 0 amide bonds. The molecule has 2 atom stereocenters. The van der Waals surface area contributed by atoms with E-state index in [4.69, 9.17) is 22.0 Å². The highest BCUT2D eigenvalue weighted by atomic mass is 35.5. The van der Waals surface area contributed by atoms with Crippen molar-refractivity contribution in [1.82, 2.24) is 0 Å². The highest BCUT2D eigenvalue weighted by Crippen LogP contribution is 1.97. The van der Waals surface area contributed by atoms with Crippen molar-refractivity contribution in [2.24, 2.45) is 0 Å². The van der Waals surface area contributed by atoms with Crippen LogP contribution < -0.4 is 0 Å². The molecule has 0 aliphatic rings. The number of nitrogens with zero attached hydrogens (tertiary/aromatic N) is 1. The molecule has 1 unspecified atom stereocenters. The lowest BCUT2D eigenvalue weighted by atomic mass is 10.3. The van der Waals surface area contributed by atoms with E-state index in [9.17, 15) is 0 Å². The Balaban J connectivity index is 3.40. The molecule has 3 heteroatoms. The zero-order valence-corrected chi connectivity index (χ0v) is 4.68. The zero-order valence-electron chi connectivity index (χ0n) is 3.93. The topological polar surface area (TPSA) is 44.0 Å². The van der Waals surface area contributed by atoms with Crippen molar-refractivity contribution >= 4 is 11.6 Å². The van der Waals surface area contributed by atoms with Crippen molar-refractivity contribution in [1.29, 1.82) is 5.26 Å². The Morgan fingerprint density at radius 1 is 1.86 bits per heavy atom. The van der Waals surface area contributed by atoms with Gasteiger partial charge < -0.3 is 5.11 Å². The molecule has 0 aliphatic carbocycles. The lowest BCUT2D eigenvalue weighted by Crippen LogP contribution is -2.13. The minimum atomic E-state index is -1.03. The third-order valence-corrected chi connectivity index (χ3v) is 0.806. The van der Waals surface area contributed by atoms with E-state index in [0.717, 1.165) is 0 Å². The van der Waals surface area contributed by atoms with E-state index in [1.165, 1.54) is 0 Å². The highest BCUT2D eigenvalue weighted by molar-refractivity contribution is 6.20. The van der Waals surface area contributed by atoms with Crippen LogP contribution in [0.1, 0.15) is 6.92 Å². The van der Waals surface area contributed by atoms with Gasteiger partial charge in [0.15, 0.2) is 6.10 Å². The monoisotopic (exact) mass is 119 g/mol. The molecule has 0 heterocycles. The van der Waals surface area contributed by atoms with Gasteiger partial charge in [-0.05, 0) is 6.92 Å². The summed E-state index contributed by atoms with van der Waals surface area (Å²) in [5, 5.41) is 15.9. The molecule has 1 N–H and O–H groups in total. The summed E-state index contributed by atoms with van der Waals surface area (Å²) < 4.78 is 0. The molecule has 0 bridgehead atoms. The Bertz CT molecular complexity index is 86.2. The number of rotatable bonds is 1. The molecule has 7 heavy (non-hydrogen) atoms. The second-order valence-electron chi connectivity index (χ2n) is 1.25. The van der Waals surface area contributed by atoms with Gasteiger partial charge >= 0.3 is 0 Å². The number of hydrogen-bond acceptors (Lipinski definition) is 2. The zero-order chi connectivity index (χ0) is 5.86. The van der Waals surface area contributed by atoms with Gasteiger partial charge in [0.1, 0.15) is 0 Å². The summed E-state index contributed by atoms with van der Waals surface area (Å²) >= 11 is 5.26. The molecular weight excluding hydrogens is 114 g/mol. The molecule has 0 aliphatic heterocycles. The average Bonchev–Trinajstić information content (AvgIpc) is 1.65. The van der Waals surface area contributed by atoms with Crippen LogP contribution in [0.3, 0.4) is 0 Å². The summed E-state index contributed by atoms with van der Waals surface area (Å²) in [5.41, 5.74) is 0. The molecule has 0 spiro atoms. The Kier molecular flexibility index (Phi) is 2.73. The maximum Gasteiger partial charge on any atom is 0.156 e. The van der Waals surface area contributed by atoms with Crippen molar-refractivity contribution in [3.8, 4) is 6.07 Å². The predicted molar refractivity (Wildman–Crippen MR) is 26.9 cm³/mol. The van der Waals surface area contributed by atoms with Gasteiger partial charge in [-0.25, -0.2) is 0 Å². The second-order valence-corrected chi connectivity index (χ2v) is 1.94. The maximum atomic E-state index is 8.44. The minimum Gasteiger partial charge on any atom is -0.377 e. The first-order valence-corrected chi connectivity index (χ1v) is 2.34. The first-order chi connectivity index (χ1) is 3.18. The van der Waals surface area contributed by atoms with E-state index in [2.05, 4.69) is 0 Å². The first-order valence-electron chi connectivity index (χ1n) is 1.90. The van der Waals surface area contributed by atoms with Crippen LogP contribution in [0.25, 0.3) is 0 Å². The van der Waals surface area contributed by atoms with Crippen LogP contribution in [0.15, 0.2) is 0 Å². The Morgan fingerprint density at radius 3 is 2.29 bits per heavy atom. The van der Waals surface area contributed by atoms with Crippen LogP contribution in [0.2, 0.25) is 0 Å². The third kappa shape index (κ3) is 2.44. The van der Waals surface area contributed by atoms with E-state index in [1.807, 2.05) is 0 Å². The molecule has 0 fully saturated rings. The summed E-state index contributed by atoms with van der Waals surface area (Å²) in [5.74, 6) is 0. The van der Waals surface area contributed by atoms with Crippen LogP contribution in [-0.4, -0.2) is 16.6 Å². The molecule has 0 aromatic carbocycles. The fourth-order valence-corrected chi connectivity index (χ4v) is 0.159. The lowest BCUT2D eigenvalue weighted by Gasteiger charge is -1.99. The van der Waals surface area contributed by atoms with Gasteiger partial charge in [0.25, 0.3) is 0 Å². The van der Waals surface area contributed by atoms with Gasteiger partial charge in [0.2, 0.25) is 0 Å². The normalized spacial score (nSPS) is 17.4. The van der Waals surface area contributed by atoms with Crippen LogP contribution in [-0.2, 0) is 0 Å². The van der Waals surface area contributed by atoms with Crippen molar-refractivity contribution in [2.45, 2.75) is 18.4 Å². The molecule has 2 nitrogen and oxygen atoms in total. The summed E-state index contributed by atoms with van der Waals surface area (Å²) in [7, 11) is 0. The molecule has 0 saturated carbocycles. The first kappa shape index (κ1) is 6.74. The smallest absolute Gasteiger partial charge is 0.156 e. The minimum absolute atomic E-state index is 0.468. The Labute approximate surface area is 47.3 Å². The average molecular weight is 120 g/mol. The third-order valence-electron chi connectivity index (χ3n) is 0.567. The SMILES string of the molecule is C[C@@H](Cl)C(O)C#N. The molecule has 0 radical (unpaired) electrons. The molecule has 0 rings (SSSR count). The second kappa shape index (κ2) is 2.84. The molecular formula is C4H6ClNO. The summed E-state index contributed by atoms with van der Waals surface area (Å²) in [6, 6.07) is 1.59. The number of nitriles is 1. The predicted octanol–water partition coefficient (Wildman–Crippen LogP) is 0.498. The van der Waals surface area contributed by atoms with Gasteiger partial charge in [-0.15, -0.1) is 11.6 Å². The molecule has 40 valence electrons. The fraction of sp³-hybridized carbons (Fsp3) is 0.750. The van der Waals surface area contributed by atoms with E-state index < -0.39 is 11.5 Å². The molecule has 0 aromatic heterocycles. The molecule has 0 saturated heterocycles. The van der Waals surface area contributed by atoms with E-state index in [1.54, 1.807) is 13.0 Å². The van der Waals surface area contributed by atoms with Gasteiger partial charge in [-0.2, -0.15) is 5.26 Å². The summed E-state index contributed by atoms with van der Waals surface area (Å²) in [4.78, 5) is 0. The van der Waals surface area contributed by atoms with E-state index >= 15 is 0 Å². The van der Waals surface area contributed by atoms with Gasteiger partial charge in [0.05, 0.1) is 11.4 Å². The van der Waals surface area contributed by atoms with Crippen LogP contribution in [0.4, 0.5) is 0 Å². The molecule has 0 aromatic rings. The Morgan fingerprint density at radius 2 is 2.29 bits per heavy atom. The van der Waals surface area contributed by atoms with Gasteiger partial charge in [0, 0.05) is 0 Å². The summed E-state index contributed by atoms with van der Waals surface area (Å²) in [6.07, 6.45) is -1.03. The number of halogens is 1. The van der Waals surface area contributed by atoms with Crippen LogP contribution in [0, 0.1) is 11.3 Å². The largest absolute Gasteiger partial charge is 0.377 e. The summed E-state index contributed by atoms with van der Waals surface area (Å²) in [6.45, 7) is 1.56. The number of aliphatic hydroxyl groups excluding tert-OH is 1. The number of alkyl halides is 1. The van der Waals surface area contributed by atoms with Crippen LogP contribution >= 0.6 is 11.6 Å². The van der Waals surface area contributed by atoms with Gasteiger partial charge in [-0.3, -0.25) is 0 Å². The maximum absolute atomic E-state index is 8.44. The highest BCUT2D eigenvalue weighted by Gasteiger charge is 2.06. The Hall–Kier alpha value is -0.260. The van der Waals surface area contributed by atoms with Crippen molar-refractivity contribution in [3.05, 3.63) is 0 Å².